The molecule has 72 valence electrons. The van der Waals surface area contributed by atoms with Crippen LogP contribution in [0.25, 0.3) is 0 Å². The van der Waals surface area contributed by atoms with Gasteiger partial charge in [0.1, 0.15) is 5.76 Å². The van der Waals surface area contributed by atoms with Crippen molar-refractivity contribution in [2.45, 2.75) is 37.9 Å². The Bertz CT molecular complexity index is 247. The first-order chi connectivity index (χ1) is 6.34. The monoisotopic (exact) mass is 181 g/mol. The average Bonchev–Trinajstić information content (AvgIpc) is 2.71. The number of hydrogen-bond acceptors (Lipinski definition) is 4. The second-order valence-electron chi connectivity index (χ2n) is 3.63. The van der Waals surface area contributed by atoms with E-state index in [1.165, 1.54) is 6.42 Å². The molecule has 1 saturated carbocycles. The maximum Gasteiger partial charge on any atom is 0.150 e. The highest BCUT2D eigenvalue weighted by Crippen LogP contribution is 2.17. The normalized spacial score (nSPS) is 28.1. The number of nitrogens with one attached hydrogen (secondary N) is 1. The lowest BCUT2D eigenvalue weighted by Gasteiger charge is -2.09. The van der Waals surface area contributed by atoms with Gasteiger partial charge in [-0.3, -0.25) is 0 Å². The van der Waals surface area contributed by atoms with E-state index in [0.29, 0.717) is 12.1 Å². The highest BCUT2D eigenvalue weighted by Gasteiger charge is 2.20. The highest BCUT2D eigenvalue weighted by molar-refractivity contribution is 4.93. The van der Waals surface area contributed by atoms with Crippen LogP contribution in [0, 0.1) is 0 Å². The van der Waals surface area contributed by atoms with Gasteiger partial charge in [0.25, 0.3) is 0 Å². The van der Waals surface area contributed by atoms with E-state index in [2.05, 4.69) is 10.5 Å². The molecule has 0 aromatic carbocycles. The molecule has 0 spiro atoms. The molecule has 1 fully saturated rings. The smallest absolute Gasteiger partial charge is 0.150 e. The van der Waals surface area contributed by atoms with Crippen molar-refractivity contribution >= 4 is 0 Å². The standard InChI is InChI=1S/C9H15N3O/c10-7-1-2-8(5-7)11-6-9-3-4-12-13-9/h3-4,7-8,11H,1-2,5-6,10H2. The largest absolute Gasteiger partial charge is 0.360 e. The SMILES string of the molecule is NC1CCC(NCc2ccno2)C1. The molecule has 0 radical (unpaired) electrons. The van der Waals surface area contributed by atoms with Gasteiger partial charge >= 0.3 is 0 Å². The van der Waals surface area contributed by atoms with Crippen LogP contribution in [0.15, 0.2) is 16.8 Å². The summed E-state index contributed by atoms with van der Waals surface area (Å²) in [6, 6.07) is 2.81. The molecule has 2 rings (SSSR count). The maximum atomic E-state index is 5.80. The van der Waals surface area contributed by atoms with E-state index in [4.69, 9.17) is 10.3 Å². The van der Waals surface area contributed by atoms with Crippen molar-refractivity contribution in [3.05, 3.63) is 18.0 Å². The molecule has 1 aromatic rings. The van der Waals surface area contributed by atoms with Crippen molar-refractivity contribution in [2.75, 3.05) is 0 Å². The first-order valence-electron chi connectivity index (χ1n) is 4.73. The number of aromatic nitrogens is 1. The average molecular weight is 181 g/mol. The third-order valence-corrected chi connectivity index (χ3v) is 2.53. The van der Waals surface area contributed by atoms with Gasteiger partial charge in [-0.25, -0.2) is 0 Å². The third kappa shape index (κ3) is 2.29. The fraction of sp³-hybridized carbons (Fsp3) is 0.667. The van der Waals surface area contributed by atoms with Gasteiger partial charge in [0.05, 0.1) is 12.7 Å². The molecule has 1 aromatic heterocycles. The summed E-state index contributed by atoms with van der Waals surface area (Å²) in [5.41, 5.74) is 5.80. The van der Waals surface area contributed by atoms with Gasteiger partial charge in [0.2, 0.25) is 0 Å². The summed E-state index contributed by atoms with van der Waals surface area (Å²) < 4.78 is 4.98. The molecule has 0 bridgehead atoms. The van der Waals surface area contributed by atoms with Crippen molar-refractivity contribution in [3.63, 3.8) is 0 Å². The van der Waals surface area contributed by atoms with E-state index >= 15 is 0 Å². The highest BCUT2D eigenvalue weighted by atomic mass is 16.5. The van der Waals surface area contributed by atoms with Crippen LogP contribution in [0.3, 0.4) is 0 Å². The second kappa shape index (κ2) is 3.89. The number of nitrogens with zero attached hydrogens (tertiary/aromatic N) is 1. The fourth-order valence-electron chi connectivity index (χ4n) is 1.78. The van der Waals surface area contributed by atoms with Crippen LogP contribution in [0.2, 0.25) is 0 Å². The molecule has 0 saturated heterocycles. The molecule has 4 heteroatoms. The summed E-state index contributed by atoms with van der Waals surface area (Å²) in [6.45, 7) is 0.761. The van der Waals surface area contributed by atoms with Gasteiger partial charge in [-0.1, -0.05) is 5.16 Å². The third-order valence-electron chi connectivity index (χ3n) is 2.53. The van der Waals surface area contributed by atoms with Crippen molar-refractivity contribution in [1.29, 1.82) is 0 Å². The van der Waals surface area contributed by atoms with Crippen LogP contribution >= 0.6 is 0 Å². The molecule has 0 amide bonds. The molecular formula is C9H15N3O. The minimum absolute atomic E-state index is 0.382. The van der Waals surface area contributed by atoms with Gasteiger partial charge < -0.3 is 15.6 Å². The van der Waals surface area contributed by atoms with E-state index in [-0.39, 0.29) is 0 Å². The molecule has 13 heavy (non-hydrogen) atoms. The first kappa shape index (κ1) is 8.72. The Labute approximate surface area is 77.5 Å². The van der Waals surface area contributed by atoms with Gasteiger partial charge in [-0.05, 0) is 19.3 Å². The molecule has 0 aliphatic heterocycles. The fourth-order valence-corrected chi connectivity index (χ4v) is 1.78. The summed E-state index contributed by atoms with van der Waals surface area (Å²) >= 11 is 0. The Kier molecular flexibility index (Phi) is 2.61. The minimum atomic E-state index is 0.382. The Balaban J connectivity index is 1.74. The van der Waals surface area contributed by atoms with Crippen molar-refractivity contribution in [2.24, 2.45) is 5.73 Å². The van der Waals surface area contributed by atoms with Gasteiger partial charge in [0, 0.05) is 18.2 Å². The topological polar surface area (TPSA) is 64.1 Å². The van der Waals surface area contributed by atoms with Crippen LogP contribution in [0.1, 0.15) is 25.0 Å². The summed E-state index contributed by atoms with van der Waals surface area (Å²) in [6.07, 6.45) is 5.05. The first-order valence-corrected chi connectivity index (χ1v) is 4.73. The number of hydrogen-bond donors (Lipinski definition) is 2. The summed E-state index contributed by atoms with van der Waals surface area (Å²) in [7, 11) is 0. The minimum Gasteiger partial charge on any atom is -0.360 e. The molecule has 1 aliphatic rings. The zero-order valence-electron chi connectivity index (χ0n) is 7.57. The Morgan fingerprint density at radius 1 is 1.62 bits per heavy atom. The zero-order chi connectivity index (χ0) is 9.10. The predicted molar refractivity (Wildman–Crippen MR) is 49.0 cm³/mol. The van der Waals surface area contributed by atoms with Crippen LogP contribution < -0.4 is 11.1 Å². The Morgan fingerprint density at radius 3 is 3.15 bits per heavy atom. The summed E-state index contributed by atoms with van der Waals surface area (Å²) in [5.74, 6) is 0.889. The summed E-state index contributed by atoms with van der Waals surface area (Å²) in [4.78, 5) is 0. The van der Waals surface area contributed by atoms with Crippen molar-refractivity contribution in [3.8, 4) is 0 Å². The van der Waals surface area contributed by atoms with E-state index in [1.54, 1.807) is 6.20 Å². The Morgan fingerprint density at radius 2 is 2.54 bits per heavy atom. The van der Waals surface area contributed by atoms with Crippen molar-refractivity contribution < 1.29 is 4.52 Å². The van der Waals surface area contributed by atoms with Crippen LogP contribution in [0.4, 0.5) is 0 Å². The summed E-state index contributed by atoms with van der Waals surface area (Å²) in [5, 5.41) is 7.04. The maximum absolute atomic E-state index is 5.80. The molecule has 2 atom stereocenters. The molecule has 1 aliphatic carbocycles. The lowest BCUT2D eigenvalue weighted by molar-refractivity contribution is 0.362. The van der Waals surface area contributed by atoms with Crippen molar-refractivity contribution in [1.82, 2.24) is 10.5 Å². The second-order valence-corrected chi connectivity index (χ2v) is 3.63. The van der Waals surface area contributed by atoms with Crippen LogP contribution in [-0.4, -0.2) is 17.2 Å². The van der Waals surface area contributed by atoms with E-state index in [0.717, 1.165) is 25.1 Å². The Hall–Kier alpha value is -0.870. The lowest BCUT2D eigenvalue weighted by Crippen LogP contribution is -2.27. The van der Waals surface area contributed by atoms with Gasteiger partial charge in [-0.2, -0.15) is 0 Å². The molecule has 4 nitrogen and oxygen atoms in total. The van der Waals surface area contributed by atoms with Gasteiger partial charge in [-0.15, -0.1) is 0 Å². The zero-order valence-corrected chi connectivity index (χ0v) is 7.57. The molecule has 2 unspecified atom stereocenters. The van der Waals surface area contributed by atoms with Gasteiger partial charge in [0.15, 0.2) is 0 Å². The van der Waals surface area contributed by atoms with Crippen LogP contribution in [-0.2, 0) is 6.54 Å². The van der Waals surface area contributed by atoms with E-state index < -0.39 is 0 Å². The number of nitrogens with two attached hydrogens (primary N) is 1. The quantitative estimate of drug-likeness (QED) is 0.718. The predicted octanol–water partition coefficient (Wildman–Crippen LogP) is 0.644. The lowest BCUT2D eigenvalue weighted by atomic mass is 10.2. The number of rotatable bonds is 3. The molecule has 1 heterocycles. The van der Waals surface area contributed by atoms with Crippen LogP contribution in [0.5, 0.6) is 0 Å². The van der Waals surface area contributed by atoms with E-state index in [9.17, 15) is 0 Å². The van der Waals surface area contributed by atoms with E-state index in [1.807, 2.05) is 6.07 Å². The molecule has 3 N–H and O–H groups in total. The molecular weight excluding hydrogens is 166 g/mol.